The molecule has 1 N–H and O–H groups in total. The van der Waals surface area contributed by atoms with Gasteiger partial charge in [-0.05, 0) is 31.3 Å². The van der Waals surface area contributed by atoms with Crippen LogP contribution in [0, 0.1) is 5.92 Å². The zero-order valence-electron chi connectivity index (χ0n) is 9.56. The minimum atomic E-state index is 0.674. The summed E-state index contributed by atoms with van der Waals surface area (Å²) in [4.78, 5) is 0. The smallest absolute Gasteiger partial charge is 0.0299 e. The minimum Gasteiger partial charge on any atom is -0.385 e. The van der Waals surface area contributed by atoms with Crippen LogP contribution in [0.25, 0.3) is 0 Å². The summed E-state index contributed by atoms with van der Waals surface area (Å²) in [5.74, 6) is 0.674. The number of allylic oxidation sites excluding steroid dienone is 4. The topological polar surface area (TPSA) is 12.0 Å². The molecular formula is C13H21N. The van der Waals surface area contributed by atoms with E-state index in [0.29, 0.717) is 5.92 Å². The van der Waals surface area contributed by atoms with E-state index in [4.69, 9.17) is 0 Å². The molecule has 0 atom stereocenters. The monoisotopic (exact) mass is 191 g/mol. The summed E-state index contributed by atoms with van der Waals surface area (Å²) >= 11 is 0. The molecule has 78 valence electrons. The van der Waals surface area contributed by atoms with Gasteiger partial charge in [0.2, 0.25) is 0 Å². The van der Waals surface area contributed by atoms with Crippen LogP contribution in [0.15, 0.2) is 35.6 Å². The zero-order valence-corrected chi connectivity index (χ0v) is 9.56. The van der Waals surface area contributed by atoms with Gasteiger partial charge in [0.25, 0.3) is 0 Å². The highest BCUT2D eigenvalue weighted by Gasteiger charge is 2.06. The molecule has 0 bridgehead atoms. The van der Waals surface area contributed by atoms with Crippen LogP contribution in [0.2, 0.25) is 0 Å². The maximum Gasteiger partial charge on any atom is 0.0299 e. The quantitative estimate of drug-likeness (QED) is 0.718. The molecule has 0 aromatic rings. The number of rotatable bonds is 4. The second kappa shape index (κ2) is 5.04. The lowest BCUT2D eigenvalue weighted by Gasteiger charge is -2.17. The summed E-state index contributed by atoms with van der Waals surface area (Å²) in [6.07, 6.45) is 6.69. The number of nitrogens with one attached hydrogen (secondary N) is 1. The van der Waals surface area contributed by atoms with Crippen LogP contribution in [0.1, 0.15) is 33.6 Å². The molecule has 1 aliphatic carbocycles. The van der Waals surface area contributed by atoms with Crippen molar-refractivity contribution in [3.8, 4) is 0 Å². The Hall–Kier alpha value is -0.980. The van der Waals surface area contributed by atoms with Crippen LogP contribution < -0.4 is 5.32 Å². The Labute approximate surface area is 87.6 Å². The molecule has 1 rings (SSSR count). The minimum absolute atomic E-state index is 0.674. The van der Waals surface area contributed by atoms with Crippen LogP contribution in [-0.2, 0) is 0 Å². The average Bonchev–Trinajstić information content (AvgIpc) is 2.15. The number of hydrogen-bond donors (Lipinski definition) is 1. The molecule has 0 aliphatic heterocycles. The van der Waals surface area contributed by atoms with E-state index in [1.54, 1.807) is 0 Å². The van der Waals surface area contributed by atoms with Gasteiger partial charge in [-0.25, -0.2) is 0 Å². The zero-order chi connectivity index (χ0) is 10.6. The molecule has 0 aromatic carbocycles. The Kier molecular flexibility index (Phi) is 3.99. The molecule has 0 saturated heterocycles. The van der Waals surface area contributed by atoms with Crippen molar-refractivity contribution < 1.29 is 0 Å². The van der Waals surface area contributed by atoms with Gasteiger partial charge in [-0.15, -0.1) is 0 Å². The first-order valence-corrected chi connectivity index (χ1v) is 5.39. The van der Waals surface area contributed by atoms with E-state index in [1.807, 2.05) is 0 Å². The highest BCUT2D eigenvalue weighted by molar-refractivity contribution is 5.35. The highest BCUT2D eigenvalue weighted by atomic mass is 14.9. The van der Waals surface area contributed by atoms with Gasteiger partial charge in [0.15, 0.2) is 0 Å². The summed E-state index contributed by atoms with van der Waals surface area (Å²) in [5.41, 5.74) is 3.92. The summed E-state index contributed by atoms with van der Waals surface area (Å²) in [5, 5.41) is 3.37. The Morgan fingerprint density at radius 3 is 2.64 bits per heavy atom. The Bertz CT molecular complexity index is 269. The van der Waals surface area contributed by atoms with Gasteiger partial charge in [0, 0.05) is 12.2 Å². The lowest BCUT2D eigenvalue weighted by Crippen LogP contribution is -2.20. The summed E-state index contributed by atoms with van der Waals surface area (Å²) in [6, 6.07) is 0. The van der Waals surface area contributed by atoms with Gasteiger partial charge >= 0.3 is 0 Å². The molecule has 0 fully saturated rings. The molecule has 1 heteroatoms. The molecule has 0 heterocycles. The van der Waals surface area contributed by atoms with Gasteiger partial charge in [-0.3, -0.25) is 0 Å². The highest BCUT2D eigenvalue weighted by Crippen LogP contribution is 2.21. The van der Waals surface area contributed by atoms with Gasteiger partial charge in [0.1, 0.15) is 0 Å². The third-order valence-electron chi connectivity index (χ3n) is 2.47. The lowest BCUT2D eigenvalue weighted by atomic mass is 9.97. The Morgan fingerprint density at radius 2 is 2.14 bits per heavy atom. The van der Waals surface area contributed by atoms with Crippen molar-refractivity contribution in [2.75, 3.05) is 6.54 Å². The molecule has 0 radical (unpaired) electrons. The molecule has 14 heavy (non-hydrogen) atoms. The van der Waals surface area contributed by atoms with Crippen molar-refractivity contribution in [2.24, 2.45) is 5.92 Å². The lowest BCUT2D eigenvalue weighted by molar-refractivity contribution is 0.597. The van der Waals surface area contributed by atoms with Crippen molar-refractivity contribution in [3.05, 3.63) is 35.6 Å². The van der Waals surface area contributed by atoms with Crippen LogP contribution in [0.3, 0.4) is 0 Å². The third-order valence-corrected chi connectivity index (χ3v) is 2.47. The third kappa shape index (κ3) is 3.41. The van der Waals surface area contributed by atoms with Crippen molar-refractivity contribution in [2.45, 2.75) is 33.6 Å². The summed E-state index contributed by atoms with van der Waals surface area (Å²) in [7, 11) is 0. The van der Waals surface area contributed by atoms with Crippen LogP contribution in [0.4, 0.5) is 0 Å². The predicted molar refractivity (Wildman–Crippen MR) is 63.1 cm³/mol. The normalized spacial score (nSPS) is 16.3. The molecule has 1 nitrogen and oxygen atoms in total. The average molecular weight is 191 g/mol. The van der Waals surface area contributed by atoms with Crippen LogP contribution in [-0.4, -0.2) is 6.54 Å². The molecule has 0 saturated carbocycles. The van der Waals surface area contributed by atoms with Gasteiger partial charge < -0.3 is 5.32 Å². The molecule has 1 aliphatic rings. The fourth-order valence-electron chi connectivity index (χ4n) is 1.43. The first kappa shape index (κ1) is 11.1. The summed E-state index contributed by atoms with van der Waals surface area (Å²) < 4.78 is 0. The first-order chi connectivity index (χ1) is 6.59. The van der Waals surface area contributed by atoms with Crippen molar-refractivity contribution in [1.29, 1.82) is 0 Å². The van der Waals surface area contributed by atoms with Crippen molar-refractivity contribution >= 4 is 0 Å². The van der Waals surface area contributed by atoms with E-state index in [0.717, 1.165) is 18.7 Å². The SMILES string of the molecule is C=C(NCC(C)C)C1=CC=C(C)CC1. The summed E-state index contributed by atoms with van der Waals surface area (Å²) in [6.45, 7) is 11.7. The second-order valence-corrected chi connectivity index (χ2v) is 4.46. The Morgan fingerprint density at radius 1 is 1.43 bits per heavy atom. The van der Waals surface area contributed by atoms with Crippen molar-refractivity contribution in [3.63, 3.8) is 0 Å². The molecule has 0 unspecified atom stereocenters. The molecular weight excluding hydrogens is 170 g/mol. The maximum absolute atomic E-state index is 4.07. The standard InChI is InChI=1S/C13H21N/c1-10(2)9-14-12(4)13-7-5-11(3)6-8-13/h5,7,10,14H,4,6,8-9H2,1-3H3. The molecule has 0 spiro atoms. The van der Waals surface area contributed by atoms with E-state index in [-0.39, 0.29) is 0 Å². The fourth-order valence-corrected chi connectivity index (χ4v) is 1.43. The van der Waals surface area contributed by atoms with Crippen LogP contribution >= 0.6 is 0 Å². The fraction of sp³-hybridized carbons (Fsp3) is 0.538. The van der Waals surface area contributed by atoms with E-state index in [2.05, 4.69) is 44.8 Å². The van der Waals surface area contributed by atoms with E-state index in [1.165, 1.54) is 17.6 Å². The van der Waals surface area contributed by atoms with E-state index < -0.39 is 0 Å². The van der Waals surface area contributed by atoms with E-state index in [9.17, 15) is 0 Å². The largest absolute Gasteiger partial charge is 0.385 e. The molecule has 0 aromatic heterocycles. The van der Waals surface area contributed by atoms with Gasteiger partial charge in [-0.2, -0.15) is 0 Å². The van der Waals surface area contributed by atoms with Crippen LogP contribution in [0.5, 0.6) is 0 Å². The molecule has 0 amide bonds. The predicted octanol–water partition coefficient (Wildman–Crippen LogP) is 3.41. The first-order valence-electron chi connectivity index (χ1n) is 5.39. The maximum atomic E-state index is 4.07. The Balaban J connectivity index is 2.46. The number of hydrogen-bond acceptors (Lipinski definition) is 1. The van der Waals surface area contributed by atoms with E-state index >= 15 is 0 Å². The van der Waals surface area contributed by atoms with Gasteiger partial charge in [-0.1, -0.05) is 38.2 Å². The second-order valence-electron chi connectivity index (χ2n) is 4.46. The van der Waals surface area contributed by atoms with Crippen molar-refractivity contribution in [1.82, 2.24) is 5.32 Å². The van der Waals surface area contributed by atoms with Gasteiger partial charge in [0.05, 0.1) is 0 Å².